The molecule has 0 aliphatic carbocycles. The zero-order valence-electron chi connectivity index (χ0n) is 10.9. The minimum absolute atomic E-state index is 0.110. The average Bonchev–Trinajstić information content (AvgIpc) is 2.35. The molecule has 3 nitrogen and oxygen atoms in total. The van der Waals surface area contributed by atoms with E-state index in [1.54, 1.807) is 0 Å². The van der Waals surface area contributed by atoms with Gasteiger partial charge in [-0.25, -0.2) is 4.79 Å². The summed E-state index contributed by atoms with van der Waals surface area (Å²) in [4.78, 5) is 11.5. The van der Waals surface area contributed by atoms with Gasteiger partial charge in [0.05, 0.1) is 24.8 Å². The van der Waals surface area contributed by atoms with Crippen LogP contribution >= 0.6 is 0 Å². The first-order valence-electron chi connectivity index (χ1n) is 5.55. The highest BCUT2D eigenvalue weighted by Gasteiger charge is 2.41. The maximum absolute atomic E-state index is 12.8. The van der Waals surface area contributed by atoms with Gasteiger partial charge in [0.25, 0.3) is 0 Å². The van der Waals surface area contributed by atoms with Crippen LogP contribution in [0, 0.1) is 0 Å². The number of alkyl halides is 6. The number of hydrogen-bond acceptors (Lipinski definition) is 3. The van der Waals surface area contributed by atoms with Crippen LogP contribution in [0.25, 0.3) is 0 Å². The average molecular weight is 316 g/mol. The van der Waals surface area contributed by atoms with Crippen LogP contribution in [0.5, 0.6) is 5.75 Å². The summed E-state index contributed by atoms with van der Waals surface area (Å²) < 4.78 is 85.4. The van der Waals surface area contributed by atoms with Crippen molar-refractivity contribution in [1.82, 2.24) is 0 Å². The highest BCUT2D eigenvalue weighted by atomic mass is 19.4. The SMILES string of the molecule is CCOC(=O)c1cc(C(F)(F)F)cc(C(F)(F)F)c1OC. The van der Waals surface area contributed by atoms with Gasteiger partial charge in [0.15, 0.2) is 0 Å². The van der Waals surface area contributed by atoms with Crippen molar-refractivity contribution in [3.8, 4) is 5.75 Å². The number of rotatable bonds is 3. The van der Waals surface area contributed by atoms with E-state index in [0.717, 1.165) is 7.11 Å². The number of carbonyl (C=O) groups excluding carboxylic acids is 1. The van der Waals surface area contributed by atoms with Gasteiger partial charge in [-0.3, -0.25) is 0 Å². The Kier molecular flexibility index (Phi) is 4.75. The molecule has 0 saturated carbocycles. The van der Waals surface area contributed by atoms with Crippen molar-refractivity contribution in [3.05, 3.63) is 28.8 Å². The van der Waals surface area contributed by atoms with Gasteiger partial charge in [-0.1, -0.05) is 0 Å². The molecule has 0 amide bonds. The number of benzene rings is 1. The summed E-state index contributed by atoms with van der Waals surface area (Å²) in [5, 5.41) is 0. The van der Waals surface area contributed by atoms with Crippen molar-refractivity contribution in [2.75, 3.05) is 13.7 Å². The maximum Gasteiger partial charge on any atom is 0.420 e. The van der Waals surface area contributed by atoms with E-state index in [4.69, 9.17) is 0 Å². The molecule has 0 bridgehead atoms. The molecule has 0 aromatic heterocycles. The van der Waals surface area contributed by atoms with Crippen molar-refractivity contribution in [3.63, 3.8) is 0 Å². The third kappa shape index (κ3) is 3.79. The van der Waals surface area contributed by atoms with Gasteiger partial charge in [0.1, 0.15) is 11.3 Å². The number of hydrogen-bond donors (Lipinski definition) is 0. The van der Waals surface area contributed by atoms with Gasteiger partial charge in [-0.2, -0.15) is 26.3 Å². The molecule has 0 saturated heterocycles. The summed E-state index contributed by atoms with van der Waals surface area (Å²) >= 11 is 0. The summed E-state index contributed by atoms with van der Waals surface area (Å²) in [6, 6.07) is 0.160. The summed E-state index contributed by atoms with van der Waals surface area (Å²) in [6.07, 6.45) is -10.2. The molecular formula is C12H10F6O3. The number of ether oxygens (including phenoxy) is 2. The monoisotopic (exact) mass is 316 g/mol. The van der Waals surface area contributed by atoms with Crippen LogP contribution in [0.4, 0.5) is 26.3 Å². The van der Waals surface area contributed by atoms with Crippen LogP contribution in [0.1, 0.15) is 28.4 Å². The Bertz CT molecular complexity index is 533. The first kappa shape index (κ1) is 17.1. The van der Waals surface area contributed by atoms with Gasteiger partial charge >= 0.3 is 18.3 Å². The van der Waals surface area contributed by atoms with E-state index in [9.17, 15) is 31.1 Å². The Balaban J connectivity index is 3.64. The van der Waals surface area contributed by atoms with Crippen molar-refractivity contribution in [2.24, 2.45) is 0 Å². The molecule has 0 spiro atoms. The van der Waals surface area contributed by atoms with Crippen molar-refractivity contribution in [1.29, 1.82) is 0 Å². The zero-order chi connectivity index (χ0) is 16.4. The molecule has 0 radical (unpaired) electrons. The molecule has 9 heteroatoms. The second-order valence-corrected chi connectivity index (χ2v) is 3.82. The Morgan fingerprint density at radius 3 is 2.05 bits per heavy atom. The number of carbonyl (C=O) groups is 1. The Hall–Kier alpha value is -1.93. The molecule has 118 valence electrons. The van der Waals surface area contributed by atoms with E-state index in [2.05, 4.69) is 9.47 Å². The molecule has 0 heterocycles. The molecule has 1 aromatic carbocycles. The first-order valence-corrected chi connectivity index (χ1v) is 5.55. The van der Waals surface area contributed by atoms with Gasteiger partial charge < -0.3 is 9.47 Å². The maximum atomic E-state index is 12.8. The fourth-order valence-electron chi connectivity index (χ4n) is 1.58. The lowest BCUT2D eigenvalue weighted by Gasteiger charge is -2.18. The van der Waals surface area contributed by atoms with Gasteiger partial charge in [0.2, 0.25) is 0 Å². The molecule has 0 unspecified atom stereocenters. The minimum Gasteiger partial charge on any atom is -0.495 e. The predicted octanol–water partition coefficient (Wildman–Crippen LogP) is 3.91. The lowest BCUT2D eigenvalue weighted by molar-refractivity contribution is -0.143. The van der Waals surface area contributed by atoms with Crippen molar-refractivity contribution in [2.45, 2.75) is 19.3 Å². The van der Waals surface area contributed by atoms with E-state index in [1.807, 2.05) is 0 Å². The molecule has 0 atom stereocenters. The Morgan fingerprint density at radius 1 is 1.10 bits per heavy atom. The summed E-state index contributed by atoms with van der Waals surface area (Å²) in [5.74, 6) is -2.33. The lowest BCUT2D eigenvalue weighted by atomic mass is 10.0. The van der Waals surface area contributed by atoms with Crippen LogP contribution in [0.15, 0.2) is 12.1 Å². The van der Waals surface area contributed by atoms with E-state index < -0.39 is 40.8 Å². The lowest BCUT2D eigenvalue weighted by Crippen LogP contribution is -2.17. The van der Waals surface area contributed by atoms with E-state index in [1.165, 1.54) is 6.92 Å². The quantitative estimate of drug-likeness (QED) is 0.626. The van der Waals surface area contributed by atoms with Crippen molar-refractivity contribution < 1.29 is 40.6 Å². The van der Waals surface area contributed by atoms with Gasteiger partial charge in [-0.05, 0) is 19.1 Å². The van der Waals surface area contributed by atoms with Crippen LogP contribution in [0.2, 0.25) is 0 Å². The van der Waals surface area contributed by atoms with Crippen molar-refractivity contribution >= 4 is 5.97 Å². The highest BCUT2D eigenvalue weighted by Crippen LogP contribution is 2.42. The molecule has 0 N–H and O–H groups in total. The zero-order valence-corrected chi connectivity index (χ0v) is 10.9. The van der Waals surface area contributed by atoms with Gasteiger partial charge in [0, 0.05) is 0 Å². The Morgan fingerprint density at radius 2 is 1.67 bits per heavy atom. The minimum atomic E-state index is -5.12. The van der Waals surface area contributed by atoms with Crippen LogP contribution in [-0.2, 0) is 17.1 Å². The molecule has 21 heavy (non-hydrogen) atoms. The van der Waals surface area contributed by atoms with Crippen LogP contribution in [-0.4, -0.2) is 19.7 Å². The number of esters is 1. The van der Waals surface area contributed by atoms with E-state index >= 15 is 0 Å². The highest BCUT2D eigenvalue weighted by molar-refractivity contribution is 5.93. The van der Waals surface area contributed by atoms with Crippen LogP contribution < -0.4 is 4.74 Å². The summed E-state index contributed by atoms with van der Waals surface area (Å²) in [5.41, 5.74) is -4.23. The fraction of sp³-hybridized carbons (Fsp3) is 0.417. The summed E-state index contributed by atoms with van der Waals surface area (Å²) in [7, 11) is 0.820. The van der Waals surface area contributed by atoms with E-state index in [0.29, 0.717) is 0 Å². The second-order valence-electron chi connectivity index (χ2n) is 3.82. The molecule has 1 aromatic rings. The normalized spacial score (nSPS) is 12.2. The third-order valence-corrected chi connectivity index (χ3v) is 2.42. The molecule has 1 rings (SSSR count). The third-order valence-electron chi connectivity index (χ3n) is 2.42. The van der Waals surface area contributed by atoms with E-state index in [-0.39, 0.29) is 18.7 Å². The molecule has 0 aliphatic rings. The predicted molar refractivity (Wildman–Crippen MR) is 59.0 cm³/mol. The second kappa shape index (κ2) is 5.82. The summed E-state index contributed by atoms with van der Waals surface area (Å²) in [6.45, 7) is 1.15. The standard InChI is InChI=1S/C12H10F6O3/c1-3-21-10(19)7-4-6(11(13,14)15)5-8(9(7)20-2)12(16,17)18/h4-5H,3H2,1-2H3. The van der Waals surface area contributed by atoms with Gasteiger partial charge in [-0.15, -0.1) is 0 Å². The number of halogens is 6. The Labute approximate surface area is 115 Å². The number of methoxy groups -OCH3 is 1. The first-order chi connectivity index (χ1) is 9.52. The molecule has 0 fully saturated rings. The topological polar surface area (TPSA) is 35.5 Å². The molecular weight excluding hydrogens is 306 g/mol. The fourth-order valence-corrected chi connectivity index (χ4v) is 1.58. The smallest absolute Gasteiger partial charge is 0.420 e. The largest absolute Gasteiger partial charge is 0.495 e. The molecule has 0 aliphatic heterocycles. The van der Waals surface area contributed by atoms with Crippen LogP contribution in [0.3, 0.4) is 0 Å².